The van der Waals surface area contributed by atoms with Gasteiger partial charge in [-0.2, -0.15) is 0 Å². The molecule has 2 aromatic carbocycles. The number of primary amides is 1. The standard InChI is InChI=1S/C26H27N3O3/c27-25(30)23(18-11-13-19(14-12-18)26(31)32)24(21-9-4-5-15-28-21)20-8-2-3-10-22(20)29-16-6-1-7-17-29/h2-5,8-15,23-24H,1,6-7,16-17H2,(H2,27,30)(H,31,32). The second kappa shape index (κ2) is 9.64. The van der Waals surface area contributed by atoms with Gasteiger partial charge < -0.3 is 15.7 Å². The van der Waals surface area contributed by atoms with Gasteiger partial charge in [-0.1, -0.05) is 36.4 Å². The van der Waals surface area contributed by atoms with E-state index in [0.717, 1.165) is 42.9 Å². The molecule has 164 valence electrons. The number of hydrogen-bond donors (Lipinski definition) is 2. The van der Waals surface area contributed by atoms with Gasteiger partial charge in [-0.3, -0.25) is 9.78 Å². The Morgan fingerprint density at radius 3 is 2.22 bits per heavy atom. The summed E-state index contributed by atoms with van der Waals surface area (Å²) in [6.07, 6.45) is 5.22. The lowest BCUT2D eigenvalue weighted by Gasteiger charge is -2.34. The van der Waals surface area contributed by atoms with Crippen molar-refractivity contribution in [1.29, 1.82) is 0 Å². The number of piperidine rings is 1. The molecule has 0 bridgehead atoms. The van der Waals surface area contributed by atoms with Gasteiger partial charge in [0.2, 0.25) is 5.91 Å². The van der Waals surface area contributed by atoms with E-state index < -0.39 is 23.7 Å². The predicted octanol–water partition coefficient (Wildman–Crippen LogP) is 4.17. The summed E-state index contributed by atoms with van der Waals surface area (Å²) in [5, 5.41) is 9.26. The Labute approximate surface area is 187 Å². The molecule has 32 heavy (non-hydrogen) atoms. The van der Waals surface area contributed by atoms with Crippen LogP contribution in [0.3, 0.4) is 0 Å². The summed E-state index contributed by atoms with van der Waals surface area (Å²) in [6, 6.07) is 20.2. The summed E-state index contributed by atoms with van der Waals surface area (Å²) in [6.45, 7) is 1.95. The molecular formula is C26H27N3O3. The van der Waals surface area contributed by atoms with E-state index in [-0.39, 0.29) is 5.56 Å². The van der Waals surface area contributed by atoms with Crippen LogP contribution < -0.4 is 10.6 Å². The van der Waals surface area contributed by atoms with E-state index in [1.165, 1.54) is 18.6 Å². The molecule has 3 N–H and O–H groups in total. The summed E-state index contributed by atoms with van der Waals surface area (Å²) in [5.41, 5.74) is 9.66. The van der Waals surface area contributed by atoms with Gasteiger partial charge in [0, 0.05) is 36.6 Å². The van der Waals surface area contributed by atoms with E-state index in [0.29, 0.717) is 5.56 Å². The van der Waals surface area contributed by atoms with Crippen LogP contribution in [-0.4, -0.2) is 35.1 Å². The Kier molecular flexibility index (Phi) is 6.50. The van der Waals surface area contributed by atoms with Crippen LogP contribution >= 0.6 is 0 Å². The maximum atomic E-state index is 12.9. The first-order chi connectivity index (χ1) is 15.6. The number of anilines is 1. The van der Waals surface area contributed by atoms with Crippen molar-refractivity contribution in [3.8, 4) is 0 Å². The highest BCUT2D eigenvalue weighted by atomic mass is 16.4. The Balaban J connectivity index is 1.86. The van der Waals surface area contributed by atoms with E-state index in [4.69, 9.17) is 5.73 Å². The number of nitrogens with two attached hydrogens (primary N) is 1. The van der Waals surface area contributed by atoms with Crippen LogP contribution in [0, 0.1) is 0 Å². The number of aromatic carboxylic acids is 1. The maximum Gasteiger partial charge on any atom is 0.335 e. The minimum Gasteiger partial charge on any atom is -0.478 e. The van der Waals surface area contributed by atoms with E-state index in [1.54, 1.807) is 18.3 Å². The number of aromatic nitrogens is 1. The number of hydrogen-bond acceptors (Lipinski definition) is 4. The molecule has 0 radical (unpaired) electrons. The van der Waals surface area contributed by atoms with Crippen molar-refractivity contribution in [3.63, 3.8) is 0 Å². The van der Waals surface area contributed by atoms with Gasteiger partial charge in [0.15, 0.2) is 0 Å². The molecule has 2 unspecified atom stereocenters. The van der Waals surface area contributed by atoms with E-state index in [1.807, 2.05) is 36.4 Å². The van der Waals surface area contributed by atoms with Crippen LogP contribution in [0.2, 0.25) is 0 Å². The van der Waals surface area contributed by atoms with Crippen molar-refractivity contribution in [3.05, 3.63) is 95.3 Å². The first-order valence-corrected chi connectivity index (χ1v) is 10.9. The summed E-state index contributed by atoms with van der Waals surface area (Å²) < 4.78 is 0. The smallest absolute Gasteiger partial charge is 0.335 e. The van der Waals surface area contributed by atoms with Gasteiger partial charge in [0.1, 0.15) is 0 Å². The molecule has 0 spiro atoms. The van der Waals surface area contributed by atoms with Crippen LogP contribution in [0.1, 0.15) is 58.3 Å². The number of para-hydroxylation sites is 1. The lowest BCUT2D eigenvalue weighted by Crippen LogP contribution is -2.33. The molecular weight excluding hydrogens is 402 g/mol. The average Bonchev–Trinajstić information content (AvgIpc) is 2.83. The number of benzene rings is 2. The van der Waals surface area contributed by atoms with Gasteiger partial charge in [0.05, 0.1) is 11.5 Å². The number of pyridine rings is 1. The van der Waals surface area contributed by atoms with Gasteiger partial charge in [-0.25, -0.2) is 4.79 Å². The monoisotopic (exact) mass is 429 g/mol. The first kappa shape index (κ1) is 21.6. The zero-order chi connectivity index (χ0) is 22.5. The zero-order valence-electron chi connectivity index (χ0n) is 17.9. The highest BCUT2D eigenvalue weighted by Gasteiger charge is 2.34. The Hall–Kier alpha value is -3.67. The Morgan fingerprint density at radius 1 is 0.906 bits per heavy atom. The quantitative estimate of drug-likeness (QED) is 0.588. The van der Waals surface area contributed by atoms with Crippen LogP contribution in [0.25, 0.3) is 0 Å². The first-order valence-electron chi connectivity index (χ1n) is 10.9. The molecule has 3 aromatic rings. The Morgan fingerprint density at radius 2 is 1.59 bits per heavy atom. The van der Waals surface area contributed by atoms with Crippen LogP contribution in [0.15, 0.2) is 72.9 Å². The minimum atomic E-state index is -1.01. The molecule has 1 fully saturated rings. The normalized spacial score (nSPS) is 15.7. The largest absolute Gasteiger partial charge is 0.478 e. The molecule has 6 nitrogen and oxygen atoms in total. The molecule has 2 atom stereocenters. The number of carbonyl (C=O) groups excluding carboxylic acids is 1. The number of amides is 1. The van der Waals surface area contributed by atoms with Gasteiger partial charge in [-0.15, -0.1) is 0 Å². The third kappa shape index (κ3) is 4.49. The fourth-order valence-electron chi connectivity index (χ4n) is 4.60. The van der Waals surface area contributed by atoms with Crippen molar-refractivity contribution in [2.45, 2.75) is 31.1 Å². The van der Waals surface area contributed by atoms with Crippen molar-refractivity contribution >= 4 is 17.6 Å². The highest BCUT2D eigenvalue weighted by molar-refractivity contribution is 5.88. The lowest BCUT2D eigenvalue weighted by molar-refractivity contribution is -0.119. The molecule has 4 rings (SSSR count). The molecule has 1 aliphatic rings. The Bertz CT molecular complexity index is 1080. The van der Waals surface area contributed by atoms with Crippen LogP contribution in [0.4, 0.5) is 5.69 Å². The van der Waals surface area contributed by atoms with Gasteiger partial charge in [-0.05, 0) is 60.7 Å². The minimum absolute atomic E-state index is 0.167. The van der Waals surface area contributed by atoms with E-state index in [9.17, 15) is 14.7 Å². The molecule has 1 amide bonds. The fraction of sp³-hybridized carbons (Fsp3) is 0.269. The topological polar surface area (TPSA) is 96.5 Å². The molecule has 1 saturated heterocycles. The van der Waals surface area contributed by atoms with Crippen molar-refractivity contribution < 1.29 is 14.7 Å². The molecule has 1 aromatic heterocycles. The molecule has 0 aliphatic carbocycles. The summed E-state index contributed by atoms with van der Waals surface area (Å²) >= 11 is 0. The van der Waals surface area contributed by atoms with Gasteiger partial charge in [0.25, 0.3) is 0 Å². The summed E-state index contributed by atoms with van der Waals surface area (Å²) in [5.74, 6) is -2.58. The van der Waals surface area contributed by atoms with Gasteiger partial charge >= 0.3 is 5.97 Å². The van der Waals surface area contributed by atoms with Crippen molar-refractivity contribution in [1.82, 2.24) is 4.98 Å². The van der Waals surface area contributed by atoms with Crippen LogP contribution in [-0.2, 0) is 4.79 Å². The fourth-order valence-corrected chi connectivity index (χ4v) is 4.60. The van der Waals surface area contributed by atoms with E-state index >= 15 is 0 Å². The summed E-state index contributed by atoms with van der Waals surface area (Å²) in [4.78, 5) is 31.1. The summed E-state index contributed by atoms with van der Waals surface area (Å²) in [7, 11) is 0. The third-order valence-electron chi connectivity index (χ3n) is 6.13. The number of carboxylic acid groups (broad SMARTS) is 1. The van der Waals surface area contributed by atoms with E-state index in [2.05, 4.69) is 16.0 Å². The average molecular weight is 430 g/mol. The SMILES string of the molecule is NC(=O)C(c1ccc(C(=O)O)cc1)C(c1ccccn1)c1ccccc1N1CCCCC1. The lowest BCUT2D eigenvalue weighted by atomic mass is 9.77. The molecule has 0 saturated carbocycles. The number of carboxylic acids is 1. The second-order valence-corrected chi connectivity index (χ2v) is 8.15. The predicted molar refractivity (Wildman–Crippen MR) is 124 cm³/mol. The maximum absolute atomic E-state index is 12.9. The zero-order valence-corrected chi connectivity index (χ0v) is 17.9. The molecule has 2 heterocycles. The van der Waals surface area contributed by atoms with Crippen molar-refractivity contribution in [2.24, 2.45) is 5.73 Å². The highest BCUT2D eigenvalue weighted by Crippen LogP contribution is 2.42. The second-order valence-electron chi connectivity index (χ2n) is 8.15. The van der Waals surface area contributed by atoms with Crippen LogP contribution in [0.5, 0.6) is 0 Å². The molecule has 1 aliphatic heterocycles. The van der Waals surface area contributed by atoms with Crippen molar-refractivity contribution in [2.75, 3.05) is 18.0 Å². The number of rotatable bonds is 7. The molecule has 6 heteroatoms. The number of nitrogens with zero attached hydrogens (tertiary/aromatic N) is 2. The number of carbonyl (C=O) groups is 2. The third-order valence-corrected chi connectivity index (χ3v) is 6.13.